The molecule has 11 heteroatoms. The number of thiazole rings is 1. The molecular formula is C40H45ClN4O5S. The third-order valence-electron chi connectivity index (χ3n) is 8.56. The summed E-state index contributed by atoms with van der Waals surface area (Å²) in [6.07, 6.45) is 1.48. The van der Waals surface area contributed by atoms with Gasteiger partial charge in [0.05, 0.1) is 33.6 Å². The number of amides is 1. The number of nitrogens with zero attached hydrogens (tertiary/aromatic N) is 4. The fourth-order valence-electron chi connectivity index (χ4n) is 6.38. The van der Waals surface area contributed by atoms with Crippen LogP contribution in [-0.2, 0) is 26.1 Å². The van der Waals surface area contributed by atoms with Crippen molar-refractivity contribution < 1.29 is 23.8 Å². The number of esters is 1. The first-order chi connectivity index (χ1) is 24.0. The lowest BCUT2D eigenvalue weighted by molar-refractivity contribution is -0.166. The molecule has 0 saturated carbocycles. The quantitative estimate of drug-likeness (QED) is 0.154. The number of carbonyl (C=O) groups excluding carboxylic acids is 2. The Bertz CT molecular complexity index is 2150. The second-order valence-corrected chi connectivity index (χ2v) is 16.3. The number of halogens is 1. The third kappa shape index (κ3) is 7.83. The number of rotatable bonds is 7. The van der Waals surface area contributed by atoms with Crippen molar-refractivity contribution in [3.63, 3.8) is 0 Å². The number of fused-ring (bicyclic) bond motifs is 2. The highest BCUT2D eigenvalue weighted by atomic mass is 35.5. The largest absolute Gasteiger partial charge is 0.464 e. The molecule has 0 aliphatic carbocycles. The SMILES string of the molecule is CCOC(=O)[C@@H](OC(C)(C)C)c1c(C)cc2nc(-c3ccc4c(c3)c(C3=CCN(C(=O)OC(C)(C)C)CC3)nn4C)sc2c1-c1ccc(Cl)cc1. The summed E-state index contributed by atoms with van der Waals surface area (Å²) < 4.78 is 20.4. The Labute approximate surface area is 308 Å². The van der Waals surface area contributed by atoms with E-state index in [1.807, 2.05) is 90.5 Å². The van der Waals surface area contributed by atoms with E-state index in [0.29, 0.717) is 24.5 Å². The molecule has 0 bridgehead atoms. The van der Waals surface area contributed by atoms with Gasteiger partial charge in [-0.1, -0.05) is 29.8 Å². The van der Waals surface area contributed by atoms with Crippen molar-refractivity contribution in [2.75, 3.05) is 19.7 Å². The first-order valence-electron chi connectivity index (χ1n) is 17.2. The molecule has 1 aliphatic heterocycles. The van der Waals surface area contributed by atoms with Crippen molar-refractivity contribution in [3.05, 3.63) is 76.5 Å². The van der Waals surface area contributed by atoms with Crippen molar-refractivity contribution in [2.45, 2.75) is 79.1 Å². The van der Waals surface area contributed by atoms with Gasteiger partial charge in [-0.2, -0.15) is 5.10 Å². The van der Waals surface area contributed by atoms with Gasteiger partial charge in [0.15, 0.2) is 6.10 Å². The van der Waals surface area contributed by atoms with Crippen LogP contribution in [0, 0.1) is 6.92 Å². The second-order valence-electron chi connectivity index (χ2n) is 14.8. The molecule has 2 aromatic heterocycles. The van der Waals surface area contributed by atoms with E-state index >= 15 is 0 Å². The van der Waals surface area contributed by atoms with Crippen LogP contribution in [0.5, 0.6) is 0 Å². The number of carbonyl (C=O) groups is 2. The fourth-order valence-corrected chi connectivity index (χ4v) is 7.63. The smallest absolute Gasteiger partial charge is 0.410 e. The number of benzene rings is 3. The van der Waals surface area contributed by atoms with Crippen LogP contribution in [-0.4, -0.2) is 62.6 Å². The minimum absolute atomic E-state index is 0.239. The molecule has 3 heterocycles. The number of hydrogen-bond acceptors (Lipinski definition) is 8. The predicted octanol–water partition coefficient (Wildman–Crippen LogP) is 9.92. The molecule has 0 saturated heterocycles. The zero-order chi connectivity index (χ0) is 36.8. The van der Waals surface area contributed by atoms with Gasteiger partial charge < -0.3 is 19.1 Å². The Morgan fingerprint density at radius 2 is 1.71 bits per heavy atom. The van der Waals surface area contributed by atoms with Gasteiger partial charge in [-0.25, -0.2) is 14.6 Å². The van der Waals surface area contributed by atoms with E-state index in [4.69, 9.17) is 35.9 Å². The molecule has 1 atom stereocenters. The molecule has 0 spiro atoms. The molecule has 0 fully saturated rings. The lowest BCUT2D eigenvalue weighted by Gasteiger charge is -2.29. The van der Waals surface area contributed by atoms with E-state index in [1.54, 1.807) is 23.2 Å². The van der Waals surface area contributed by atoms with Crippen LogP contribution in [0.3, 0.4) is 0 Å². The zero-order valence-corrected chi connectivity index (χ0v) is 32.3. The van der Waals surface area contributed by atoms with E-state index < -0.39 is 23.3 Å². The van der Waals surface area contributed by atoms with Crippen LogP contribution < -0.4 is 0 Å². The minimum Gasteiger partial charge on any atom is -0.464 e. The van der Waals surface area contributed by atoms with E-state index in [0.717, 1.165) is 65.2 Å². The van der Waals surface area contributed by atoms with Crippen LogP contribution in [0.4, 0.5) is 4.79 Å². The van der Waals surface area contributed by atoms with Crippen molar-refractivity contribution >= 4 is 61.7 Å². The van der Waals surface area contributed by atoms with E-state index in [9.17, 15) is 9.59 Å². The monoisotopic (exact) mass is 728 g/mol. The van der Waals surface area contributed by atoms with Gasteiger partial charge in [0.1, 0.15) is 10.6 Å². The van der Waals surface area contributed by atoms with Gasteiger partial charge >= 0.3 is 12.1 Å². The molecule has 3 aromatic carbocycles. The Balaban J connectivity index is 1.46. The van der Waals surface area contributed by atoms with E-state index in [1.165, 1.54) is 0 Å². The number of ether oxygens (including phenoxy) is 3. The Hall–Kier alpha value is -4.25. The summed E-state index contributed by atoms with van der Waals surface area (Å²) in [6.45, 7) is 16.5. The average Bonchev–Trinajstić information content (AvgIpc) is 3.63. The van der Waals surface area contributed by atoms with Crippen LogP contribution in [0.2, 0.25) is 5.02 Å². The van der Waals surface area contributed by atoms with Crippen molar-refractivity contribution in [1.29, 1.82) is 0 Å². The molecule has 6 rings (SSSR count). The summed E-state index contributed by atoms with van der Waals surface area (Å²) in [5.41, 5.74) is 7.01. The highest BCUT2D eigenvalue weighted by Crippen LogP contribution is 2.45. The molecule has 0 unspecified atom stereocenters. The summed E-state index contributed by atoms with van der Waals surface area (Å²) in [4.78, 5) is 33.1. The fraction of sp³-hybridized carbons (Fsp3) is 0.400. The number of hydrogen-bond donors (Lipinski definition) is 0. The average molecular weight is 729 g/mol. The first-order valence-corrected chi connectivity index (χ1v) is 18.4. The first kappa shape index (κ1) is 36.5. The molecule has 1 amide bonds. The standard InChI is InChI=1S/C40H45ClN4O5S/c1-10-48-37(46)34(49-39(3,4)5)31-23(2)21-29-35(32(31)24-11-14-27(41)15-12-24)51-36(42-29)26-13-16-30-28(22-26)33(43-44(30)9)25-17-19-45(20-18-25)38(47)50-40(6,7)8/h11-17,21-22,34H,10,18-20H2,1-9H3/t34-/m0/s1. The molecule has 268 valence electrons. The summed E-state index contributed by atoms with van der Waals surface area (Å²) in [7, 11) is 1.95. The normalized spacial score (nSPS) is 14.5. The molecule has 0 N–H and O–H groups in total. The highest BCUT2D eigenvalue weighted by molar-refractivity contribution is 7.22. The van der Waals surface area contributed by atoms with E-state index in [2.05, 4.69) is 24.3 Å². The molecule has 51 heavy (non-hydrogen) atoms. The predicted molar refractivity (Wildman–Crippen MR) is 205 cm³/mol. The topological polar surface area (TPSA) is 95.8 Å². The highest BCUT2D eigenvalue weighted by Gasteiger charge is 2.34. The lowest BCUT2D eigenvalue weighted by atomic mass is 9.91. The zero-order valence-electron chi connectivity index (χ0n) is 30.7. The molecule has 1 aliphatic rings. The maximum absolute atomic E-state index is 13.6. The molecule has 0 radical (unpaired) electrons. The van der Waals surface area contributed by atoms with Gasteiger partial charge in [-0.05, 0) is 115 Å². The van der Waals surface area contributed by atoms with Gasteiger partial charge in [0, 0.05) is 47.2 Å². The van der Waals surface area contributed by atoms with Crippen LogP contribution in [0.25, 0.3) is 48.4 Å². The van der Waals surface area contributed by atoms with Gasteiger partial charge in [0.25, 0.3) is 0 Å². The van der Waals surface area contributed by atoms with Crippen LogP contribution >= 0.6 is 22.9 Å². The number of aromatic nitrogens is 3. The lowest BCUT2D eigenvalue weighted by Crippen LogP contribution is -2.39. The van der Waals surface area contributed by atoms with Crippen LogP contribution in [0.1, 0.15) is 77.8 Å². The van der Waals surface area contributed by atoms with Gasteiger partial charge in [0.2, 0.25) is 0 Å². The molecular weight excluding hydrogens is 684 g/mol. The summed E-state index contributed by atoms with van der Waals surface area (Å²) in [5, 5.41) is 7.39. The second kappa shape index (κ2) is 14.1. The Morgan fingerprint density at radius 1 is 1.00 bits per heavy atom. The minimum atomic E-state index is -0.949. The molecule has 9 nitrogen and oxygen atoms in total. The summed E-state index contributed by atoms with van der Waals surface area (Å²) in [5.74, 6) is -0.435. The van der Waals surface area contributed by atoms with Crippen molar-refractivity contribution in [3.8, 4) is 21.7 Å². The van der Waals surface area contributed by atoms with Gasteiger partial charge in [-0.15, -0.1) is 11.3 Å². The summed E-state index contributed by atoms with van der Waals surface area (Å²) >= 11 is 7.91. The van der Waals surface area contributed by atoms with Gasteiger partial charge in [-0.3, -0.25) is 4.68 Å². The Morgan fingerprint density at radius 3 is 2.33 bits per heavy atom. The van der Waals surface area contributed by atoms with Crippen LogP contribution in [0.15, 0.2) is 54.6 Å². The number of aryl methyl sites for hydroxylation is 2. The Kier molecular flexibility index (Phi) is 10.1. The summed E-state index contributed by atoms with van der Waals surface area (Å²) in [6, 6.07) is 16.0. The van der Waals surface area contributed by atoms with Crippen molar-refractivity contribution in [1.82, 2.24) is 19.7 Å². The van der Waals surface area contributed by atoms with Crippen molar-refractivity contribution in [2.24, 2.45) is 7.05 Å². The third-order valence-corrected chi connectivity index (χ3v) is 9.95. The molecule has 5 aromatic rings. The maximum atomic E-state index is 13.6. The van der Waals surface area contributed by atoms with E-state index in [-0.39, 0.29) is 12.7 Å². The maximum Gasteiger partial charge on any atom is 0.410 e.